The highest BCUT2D eigenvalue weighted by Gasteiger charge is 2.43. The molecule has 0 amide bonds. The molecule has 0 radical (unpaired) electrons. The van der Waals surface area contributed by atoms with Crippen LogP contribution in [-0.4, -0.2) is 43.8 Å². The molecule has 4 rings (SSSR count). The van der Waals surface area contributed by atoms with E-state index in [0.29, 0.717) is 6.61 Å². The Labute approximate surface area is 136 Å². The minimum atomic E-state index is -0.202. The molecule has 120 valence electrons. The number of anilines is 2. The SMILES string of the molecule is CN(C)c1ccnc(N2CCOC3(CCc4ccccc43)C2)n1. The summed E-state index contributed by atoms with van der Waals surface area (Å²) in [5.41, 5.74) is 2.55. The molecule has 1 unspecified atom stereocenters. The van der Waals surface area contributed by atoms with E-state index in [0.717, 1.165) is 37.7 Å². The molecule has 1 aliphatic heterocycles. The van der Waals surface area contributed by atoms with Gasteiger partial charge in [-0.2, -0.15) is 4.98 Å². The summed E-state index contributed by atoms with van der Waals surface area (Å²) in [6.07, 6.45) is 3.96. The quantitative estimate of drug-likeness (QED) is 0.851. The number of morpholine rings is 1. The zero-order valence-electron chi connectivity index (χ0n) is 13.7. The van der Waals surface area contributed by atoms with E-state index in [1.807, 2.05) is 31.3 Å². The molecular weight excluding hydrogens is 288 g/mol. The third-order valence-corrected chi connectivity index (χ3v) is 4.86. The molecule has 5 nitrogen and oxygen atoms in total. The Bertz CT molecular complexity index is 714. The van der Waals surface area contributed by atoms with Crippen molar-refractivity contribution >= 4 is 11.8 Å². The van der Waals surface area contributed by atoms with Gasteiger partial charge in [-0.3, -0.25) is 0 Å². The van der Waals surface area contributed by atoms with Crippen molar-refractivity contribution in [1.82, 2.24) is 9.97 Å². The molecule has 1 aliphatic carbocycles. The van der Waals surface area contributed by atoms with Gasteiger partial charge in [0.2, 0.25) is 5.95 Å². The van der Waals surface area contributed by atoms with Crippen molar-refractivity contribution in [1.29, 1.82) is 0 Å². The Kier molecular flexibility index (Phi) is 3.45. The highest BCUT2D eigenvalue weighted by Crippen LogP contribution is 2.42. The molecular formula is C18H22N4O. The average Bonchev–Trinajstić information content (AvgIpc) is 2.94. The van der Waals surface area contributed by atoms with E-state index in [2.05, 4.69) is 34.1 Å². The first kappa shape index (κ1) is 14.5. The van der Waals surface area contributed by atoms with Crippen molar-refractivity contribution in [2.24, 2.45) is 0 Å². The molecule has 1 saturated heterocycles. The Morgan fingerprint density at radius 3 is 2.96 bits per heavy atom. The molecule has 1 fully saturated rings. The zero-order chi connectivity index (χ0) is 15.9. The minimum absolute atomic E-state index is 0.202. The molecule has 2 aromatic rings. The van der Waals surface area contributed by atoms with Crippen LogP contribution in [0.4, 0.5) is 11.8 Å². The van der Waals surface area contributed by atoms with Crippen LogP contribution in [0.2, 0.25) is 0 Å². The lowest BCUT2D eigenvalue weighted by Crippen LogP contribution is -2.49. The molecule has 1 aromatic carbocycles. The Morgan fingerprint density at radius 2 is 2.09 bits per heavy atom. The van der Waals surface area contributed by atoms with Crippen LogP contribution in [0.5, 0.6) is 0 Å². The topological polar surface area (TPSA) is 41.5 Å². The Balaban J connectivity index is 1.65. The van der Waals surface area contributed by atoms with Crippen LogP contribution in [-0.2, 0) is 16.8 Å². The van der Waals surface area contributed by atoms with Crippen LogP contribution in [0.25, 0.3) is 0 Å². The number of nitrogens with zero attached hydrogens (tertiary/aromatic N) is 4. The standard InChI is InChI=1S/C18H22N4O/c1-21(2)16-8-10-19-17(20-16)22-11-12-23-18(13-22)9-7-14-5-3-4-6-15(14)18/h3-6,8,10H,7,9,11-13H2,1-2H3. The van der Waals surface area contributed by atoms with Gasteiger partial charge < -0.3 is 14.5 Å². The predicted molar refractivity (Wildman–Crippen MR) is 91.0 cm³/mol. The van der Waals surface area contributed by atoms with Crippen LogP contribution in [0.3, 0.4) is 0 Å². The number of hydrogen-bond acceptors (Lipinski definition) is 5. The van der Waals surface area contributed by atoms with Gasteiger partial charge in [-0.15, -0.1) is 0 Å². The molecule has 0 N–H and O–H groups in total. The number of aryl methyl sites for hydroxylation is 1. The van der Waals surface area contributed by atoms with Crippen molar-refractivity contribution in [2.75, 3.05) is 43.6 Å². The normalized spacial score (nSPS) is 23.1. The second-order valence-corrected chi connectivity index (χ2v) is 6.53. The number of hydrogen-bond donors (Lipinski definition) is 0. The van der Waals surface area contributed by atoms with Gasteiger partial charge in [0.05, 0.1) is 13.2 Å². The summed E-state index contributed by atoms with van der Waals surface area (Å²) in [6, 6.07) is 10.6. The summed E-state index contributed by atoms with van der Waals surface area (Å²) in [5, 5.41) is 0. The van der Waals surface area contributed by atoms with E-state index in [1.165, 1.54) is 11.1 Å². The largest absolute Gasteiger partial charge is 0.367 e. The summed E-state index contributed by atoms with van der Waals surface area (Å²) in [7, 11) is 4.00. The van der Waals surface area contributed by atoms with E-state index < -0.39 is 0 Å². The van der Waals surface area contributed by atoms with E-state index in [-0.39, 0.29) is 5.60 Å². The number of rotatable bonds is 2. The van der Waals surface area contributed by atoms with Gasteiger partial charge >= 0.3 is 0 Å². The van der Waals surface area contributed by atoms with E-state index in [9.17, 15) is 0 Å². The molecule has 0 bridgehead atoms. The maximum atomic E-state index is 6.27. The number of aromatic nitrogens is 2. The maximum Gasteiger partial charge on any atom is 0.227 e. The summed E-state index contributed by atoms with van der Waals surface area (Å²) < 4.78 is 6.27. The van der Waals surface area contributed by atoms with E-state index in [1.54, 1.807) is 0 Å². The van der Waals surface area contributed by atoms with Crippen molar-refractivity contribution < 1.29 is 4.74 Å². The Morgan fingerprint density at radius 1 is 1.22 bits per heavy atom. The summed E-state index contributed by atoms with van der Waals surface area (Å²) in [5.74, 6) is 1.73. The van der Waals surface area contributed by atoms with Crippen LogP contribution in [0, 0.1) is 0 Å². The Hall–Kier alpha value is -2.14. The fourth-order valence-corrected chi connectivity index (χ4v) is 3.66. The number of fused-ring (bicyclic) bond motifs is 2. The highest BCUT2D eigenvalue weighted by molar-refractivity contribution is 5.45. The van der Waals surface area contributed by atoms with Gasteiger partial charge in [-0.1, -0.05) is 24.3 Å². The van der Waals surface area contributed by atoms with Crippen molar-refractivity contribution in [3.8, 4) is 0 Å². The first-order valence-electron chi connectivity index (χ1n) is 8.16. The summed E-state index contributed by atoms with van der Waals surface area (Å²) in [6.45, 7) is 2.37. The zero-order valence-corrected chi connectivity index (χ0v) is 13.7. The predicted octanol–water partition coefficient (Wildman–Crippen LogP) is 2.22. The van der Waals surface area contributed by atoms with Crippen molar-refractivity contribution in [2.45, 2.75) is 18.4 Å². The summed E-state index contributed by atoms with van der Waals surface area (Å²) in [4.78, 5) is 13.4. The van der Waals surface area contributed by atoms with Crippen molar-refractivity contribution in [3.63, 3.8) is 0 Å². The van der Waals surface area contributed by atoms with Crippen LogP contribution < -0.4 is 9.80 Å². The second kappa shape index (κ2) is 5.49. The molecule has 23 heavy (non-hydrogen) atoms. The first-order valence-corrected chi connectivity index (χ1v) is 8.16. The lowest BCUT2D eigenvalue weighted by atomic mass is 9.94. The molecule has 2 heterocycles. The number of benzene rings is 1. The van der Waals surface area contributed by atoms with E-state index in [4.69, 9.17) is 9.72 Å². The third-order valence-electron chi connectivity index (χ3n) is 4.86. The minimum Gasteiger partial charge on any atom is -0.367 e. The van der Waals surface area contributed by atoms with Gasteiger partial charge in [-0.05, 0) is 30.0 Å². The second-order valence-electron chi connectivity index (χ2n) is 6.53. The van der Waals surface area contributed by atoms with E-state index >= 15 is 0 Å². The fourth-order valence-electron chi connectivity index (χ4n) is 3.66. The fraction of sp³-hybridized carbons (Fsp3) is 0.444. The van der Waals surface area contributed by atoms with Crippen LogP contribution in [0.1, 0.15) is 17.5 Å². The molecule has 5 heteroatoms. The molecule has 1 aromatic heterocycles. The lowest BCUT2D eigenvalue weighted by Gasteiger charge is -2.41. The van der Waals surface area contributed by atoms with Gasteiger partial charge in [0, 0.05) is 26.8 Å². The van der Waals surface area contributed by atoms with Gasteiger partial charge in [-0.25, -0.2) is 4.98 Å². The highest BCUT2D eigenvalue weighted by atomic mass is 16.5. The van der Waals surface area contributed by atoms with Crippen LogP contribution >= 0.6 is 0 Å². The smallest absolute Gasteiger partial charge is 0.227 e. The van der Waals surface area contributed by atoms with Crippen LogP contribution in [0.15, 0.2) is 36.5 Å². The molecule has 1 spiro atoms. The third kappa shape index (κ3) is 2.45. The summed E-state index contributed by atoms with van der Waals surface area (Å²) >= 11 is 0. The molecule has 2 aliphatic rings. The first-order chi connectivity index (χ1) is 11.2. The van der Waals surface area contributed by atoms with Crippen molar-refractivity contribution in [3.05, 3.63) is 47.7 Å². The molecule has 1 atom stereocenters. The lowest BCUT2D eigenvalue weighted by molar-refractivity contribution is -0.0596. The average molecular weight is 310 g/mol. The van der Waals surface area contributed by atoms with Gasteiger partial charge in [0.25, 0.3) is 0 Å². The molecule has 0 saturated carbocycles. The monoisotopic (exact) mass is 310 g/mol. The number of ether oxygens (including phenoxy) is 1. The van der Waals surface area contributed by atoms with Gasteiger partial charge in [0.15, 0.2) is 0 Å². The maximum absolute atomic E-state index is 6.27. The van der Waals surface area contributed by atoms with Gasteiger partial charge in [0.1, 0.15) is 11.4 Å².